The van der Waals surface area contributed by atoms with Crippen molar-refractivity contribution in [3.05, 3.63) is 65.7 Å². The highest BCUT2D eigenvalue weighted by molar-refractivity contribution is 6.01. The molecular formula is C22H26N2O2. The SMILES string of the molecule is CCN(C(=O)C1CC1C(=O)NCCc1ccccc1)c1cccc(C)c1. The molecule has 4 nitrogen and oxygen atoms in total. The van der Waals surface area contributed by atoms with Gasteiger partial charge in [-0.25, -0.2) is 0 Å². The molecule has 136 valence electrons. The lowest BCUT2D eigenvalue weighted by molar-refractivity contribution is -0.126. The molecule has 1 aliphatic carbocycles. The number of carbonyl (C=O) groups is 2. The quantitative estimate of drug-likeness (QED) is 0.832. The van der Waals surface area contributed by atoms with Gasteiger partial charge in [-0.1, -0.05) is 42.5 Å². The summed E-state index contributed by atoms with van der Waals surface area (Å²) in [4.78, 5) is 26.9. The van der Waals surface area contributed by atoms with Crippen molar-refractivity contribution in [2.45, 2.75) is 26.7 Å². The second-order valence-electron chi connectivity index (χ2n) is 6.90. The van der Waals surface area contributed by atoms with Gasteiger partial charge in [0.15, 0.2) is 0 Å². The summed E-state index contributed by atoms with van der Waals surface area (Å²) < 4.78 is 0. The number of benzene rings is 2. The highest BCUT2D eigenvalue weighted by atomic mass is 16.2. The Labute approximate surface area is 155 Å². The van der Waals surface area contributed by atoms with Crippen LogP contribution in [0.2, 0.25) is 0 Å². The van der Waals surface area contributed by atoms with Gasteiger partial charge in [0.05, 0.1) is 11.8 Å². The molecule has 0 radical (unpaired) electrons. The summed E-state index contributed by atoms with van der Waals surface area (Å²) in [6.07, 6.45) is 1.46. The van der Waals surface area contributed by atoms with Crippen LogP contribution >= 0.6 is 0 Å². The standard InChI is InChI=1S/C22H26N2O2/c1-3-24(18-11-7-8-16(2)14-18)22(26)20-15-19(20)21(25)23-13-12-17-9-5-4-6-10-17/h4-11,14,19-20H,3,12-13,15H2,1-2H3,(H,23,25). The molecule has 0 aliphatic heterocycles. The first-order valence-corrected chi connectivity index (χ1v) is 9.30. The van der Waals surface area contributed by atoms with Crippen LogP contribution in [0.5, 0.6) is 0 Å². The topological polar surface area (TPSA) is 49.4 Å². The highest BCUT2D eigenvalue weighted by Gasteiger charge is 2.49. The average Bonchev–Trinajstić information content (AvgIpc) is 3.44. The van der Waals surface area contributed by atoms with Crippen LogP contribution in [0, 0.1) is 18.8 Å². The Balaban J connectivity index is 1.51. The highest BCUT2D eigenvalue weighted by Crippen LogP contribution is 2.41. The normalized spacial score (nSPS) is 18.2. The zero-order valence-electron chi connectivity index (χ0n) is 15.4. The molecule has 2 atom stereocenters. The molecule has 1 saturated carbocycles. The summed E-state index contributed by atoms with van der Waals surface area (Å²) >= 11 is 0. The second kappa shape index (κ2) is 8.17. The zero-order valence-corrected chi connectivity index (χ0v) is 15.4. The van der Waals surface area contributed by atoms with E-state index in [0.717, 1.165) is 17.7 Å². The Morgan fingerprint density at radius 2 is 1.85 bits per heavy atom. The van der Waals surface area contributed by atoms with Crippen molar-refractivity contribution in [2.24, 2.45) is 11.8 Å². The summed E-state index contributed by atoms with van der Waals surface area (Å²) in [6.45, 7) is 5.20. The third-order valence-electron chi connectivity index (χ3n) is 4.90. The number of amides is 2. The minimum atomic E-state index is -0.188. The molecule has 0 heterocycles. The van der Waals surface area contributed by atoms with Crippen LogP contribution in [0.3, 0.4) is 0 Å². The van der Waals surface area contributed by atoms with Crippen molar-refractivity contribution in [1.29, 1.82) is 0 Å². The van der Waals surface area contributed by atoms with Crippen molar-refractivity contribution < 1.29 is 9.59 Å². The van der Waals surface area contributed by atoms with Gasteiger partial charge in [0.2, 0.25) is 11.8 Å². The molecule has 1 fully saturated rings. The summed E-state index contributed by atoms with van der Waals surface area (Å²) in [5.74, 6) is -0.315. The molecule has 2 aromatic carbocycles. The van der Waals surface area contributed by atoms with Gasteiger partial charge in [-0.05, 0) is 49.9 Å². The van der Waals surface area contributed by atoms with Crippen molar-refractivity contribution >= 4 is 17.5 Å². The molecule has 1 N–H and O–H groups in total. The predicted molar refractivity (Wildman–Crippen MR) is 104 cm³/mol. The van der Waals surface area contributed by atoms with Gasteiger partial charge < -0.3 is 10.2 Å². The molecule has 2 aromatic rings. The van der Waals surface area contributed by atoms with E-state index in [-0.39, 0.29) is 23.7 Å². The number of carbonyl (C=O) groups excluding carboxylic acids is 2. The van der Waals surface area contributed by atoms with E-state index in [1.54, 1.807) is 4.90 Å². The van der Waals surface area contributed by atoms with Crippen molar-refractivity contribution in [3.8, 4) is 0 Å². The monoisotopic (exact) mass is 350 g/mol. The minimum absolute atomic E-state index is 0.000392. The molecule has 1 aliphatic rings. The smallest absolute Gasteiger partial charge is 0.230 e. The molecule has 2 unspecified atom stereocenters. The Morgan fingerprint density at radius 3 is 2.54 bits per heavy atom. The molecule has 0 aromatic heterocycles. The van der Waals surface area contributed by atoms with Gasteiger partial charge in [-0.3, -0.25) is 9.59 Å². The lowest BCUT2D eigenvalue weighted by Crippen LogP contribution is -2.34. The maximum Gasteiger partial charge on any atom is 0.230 e. The summed E-state index contributed by atoms with van der Waals surface area (Å²) in [5, 5.41) is 2.97. The first-order chi connectivity index (χ1) is 12.6. The van der Waals surface area contributed by atoms with Crippen LogP contribution in [0.15, 0.2) is 54.6 Å². The number of nitrogens with zero attached hydrogens (tertiary/aromatic N) is 1. The third-order valence-corrected chi connectivity index (χ3v) is 4.90. The van der Waals surface area contributed by atoms with Crippen LogP contribution in [-0.2, 0) is 16.0 Å². The zero-order chi connectivity index (χ0) is 18.5. The molecule has 26 heavy (non-hydrogen) atoms. The second-order valence-corrected chi connectivity index (χ2v) is 6.90. The van der Waals surface area contributed by atoms with E-state index in [1.807, 2.05) is 56.3 Å². The molecule has 4 heteroatoms. The van der Waals surface area contributed by atoms with E-state index < -0.39 is 0 Å². The van der Waals surface area contributed by atoms with E-state index in [2.05, 4.69) is 17.4 Å². The maximum atomic E-state index is 12.8. The molecule has 2 amide bonds. The largest absolute Gasteiger partial charge is 0.356 e. The Morgan fingerprint density at radius 1 is 1.08 bits per heavy atom. The number of anilines is 1. The number of rotatable bonds is 7. The fraction of sp³-hybridized carbons (Fsp3) is 0.364. The van der Waals surface area contributed by atoms with Gasteiger partial charge >= 0.3 is 0 Å². The number of hydrogen-bond donors (Lipinski definition) is 1. The molecule has 3 rings (SSSR count). The van der Waals surface area contributed by atoms with E-state index in [0.29, 0.717) is 19.5 Å². The van der Waals surface area contributed by atoms with Gasteiger partial charge in [0.25, 0.3) is 0 Å². The first-order valence-electron chi connectivity index (χ1n) is 9.30. The predicted octanol–water partition coefficient (Wildman–Crippen LogP) is 3.34. The Bertz CT molecular complexity index is 773. The van der Waals surface area contributed by atoms with Crippen LogP contribution in [-0.4, -0.2) is 24.9 Å². The van der Waals surface area contributed by atoms with Gasteiger partial charge in [0, 0.05) is 18.8 Å². The Hall–Kier alpha value is -2.62. The summed E-state index contributed by atoms with van der Waals surface area (Å²) in [5.41, 5.74) is 3.24. The minimum Gasteiger partial charge on any atom is -0.356 e. The summed E-state index contributed by atoms with van der Waals surface area (Å²) in [6, 6.07) is 18.0. The number of aryl methyl sites for hydroxylation is 1. The van der Waals surface area contributed by atoms with Gasteiger partial charge in [0.1, 0.15) is 0 Å². The van der Waals surface area contributed by atoms with Gasteiger partial charge in [-0.15, -0.1) is 0 Å². The van der Waals surface area contributed by atoms with Crippen LogP contribution in [0.1, 0.15) is 24.5 Å². The average molecular weight is 350 g/mol. The van der Waals surface area contributed by atoms with Crippen molar-refractivity contribution in [1.82, 2.24) is 5.32 Å². The fourth-order valence-corrected chi connectivity index (χ4v) is 3.33. The van der Waals surface area contributed by atoms with Gasteiger partial charge in [-0.2, -0.15) is 0 Å². The first kappa shape index (κ1) is 18.2. The molecule has 0 spiro atoms. The third kappa shape index (κ3) is 4.31. The lowest BCUT2D eigenvalue weighted by atomic mass is 10.1. The van der Waals surface area contributed by atoms with Crippen molar-refractivity contribution in [2.75, 3.05) is 18.0 Å². The van der Waals surface area contributed by atoms with Crippen LogP contribution in [0.4, 0.5) is 5.69 Å². The Kier molecular flexibility index (Phi) is 5.71. The van der Waals surface area contributed by atoms with Crippen LogP contribution < -0.4 is 10.2 Å². The fourth-order valence-electron chi connectivity index (χ4n) is 3.33. The summed E-state index contributed by atoms with van der Waals surface area (Å²) in [7, 11) is 0. The van der Waals surface area contributed by atoms with Crippen LogP contribution in [0.25, 0.3) is 0 Å². The number of hydrogen-bond acceptors (Lipinski definition) is 2. The van der Waals surface area contributed by atoms with Crippen molar-refractivity contribution in [3.63, 3.8) is 0 Å². The maximum absolute atomic E-state index is 12.8. The van der Waals surface area contributed by atoms with E-state index in [4.69, 9.17) is 0 Å². The van der Waals surface area contributed by atoms with E-state index in [1.165, 1.54) is 5.56 Å². The molecule has 0 saturated heterocycles. The lowest BCUT2D eigenvalue weighted by Gasteiger charge is -2.21. The molecular weight excluding hydrogens is 324 g/mol. The number of nitrogens with one attached hydrogen (secondary N) is 1. The molecule has 0 bridgehead atoms. The van der Waals surface area contributed by atoms with E-state index >= 15 is 0 Å². The van der Waals surface area contributed by atoms with E-state index in [9.17, 15) is 9.59 Å².